The Morgan fingerprint density at radius 1 is 1.30 bits per heavy atom. The molecule has 10 heteroatoms. The van der Waals surface area contributed by atoms with Crippen LogP contribution in [-0.4, -0.2) is 20.7 Å². The summed E-state index contributed by atoms with van der Waals surface area (Å²) in [6.07, 6.45) is 0. The van der Waals surface area contributed by atoms with E-state index in [2.05, 4.69) is 11.8 Å². The van der Waals surface area contributed by atoms with Gasteiger partial charge in [-0.2, -0.15) is 0 Å². The lowest BCUT2D eigenvalue weighted by atomic mass is 12.6. The topological polar surface area (TPSA) is 203 Å². The van der Waals surface area contributed by atoms with Crippen LogP contribution in [0, 0.1) is 10.1 Å². The maximum Gasteiger partial charge on any atom is 0.184 e. The number of nitrogens with one attached hydrogen (secondary N) is 1. The molecule has 0 atom stereocenters. The van der Waals surface area contributed by atoms with Gasteiger partial charge < -0.3 is 16.6 Å². The summed E-state index contributed by atoms with van der Waals surface area (Å²) in [5.41, 5.74) is 0.750. The lowest BCUT2D eigenvalue weighted by Crippen LogP contribution is -2.14. The van der Waals surface area contributed by atoms with E-state index in [-0.39, 0.29) is 6.15 Å². The number of nitro groups is 1. The summed E-state index contributed by atoms with van der Waals surface area (Å²) in [5.74, 6) is 7.00. The third-order valence-electron chi connectivity index (χ3n) is 0.0816. The molecular formula is H11N5O5. The molecule has 0 fully saturated rings. The van der Waals surface area contributed by atoms with Crippen LogP contribution >= 0.6 is 0 Å². The van der Waals surface area contributed by atoms with Crippen LogP contribution in [-0.2, 0) is 0 Å². The van der Waals surface area contributed by atoms with Gasteiger partial charge in [0.1, 0.15) is 0 Å². The molecule has 0 aromatic heterocycles. The lowest BCUT2D eigenvalue weighted by molar-refractivity contribution is -0.600. The minimum Gasteiger partial charge on any atom is -0.344 e. The van der Waals surface area contributed by atoms with Gasteiger partial charge in [-0.3, -0.25) is 0 Å². The summed E-state index contributed by atoms with van der Waals surface area (Å²) in [5, 5.41) is 27.9. The largest absolute Gasteiger partial charge is 0.344 e. The summed E-state index contributed by atoms with van der Waals surface area (Å²) in [6.45, 7) is 0. The maximum atomic E-state index is 8.81. The van der Waals surface area contributed by atoms with Gasteiger partial charge >= 0.3 is 0 Å². The molecule has 0 unspecified atom stereocenters. The van der Waals surface area contributed by atoms with E-state index in [9.17, 15) is 0 Å². The fourth-order valence-corrected chi connectivity index (χ4v) is 0. The normalized spacial score (nSPS) is 4.50. The third kappa shape index (κ3) is 268. The molecule has 10 heavy (non-hydrogen) atoms. The zero-order valence-corrected chi connectivity index (χ0v) is 4.97. The Morgan fingerprint density at radius 3 is 1.40 bits per heavy atom. The molecular weight excluding hydrogens is 150 g/mol. The first-order chi connectivity index (χ1) is 4.27. The number of hydrogen-bond donors (Lipinski definition) is 7. The van der Waals surface area contributed by atoms with E-state index >= 15 is 0 Å². The van der Waals surface area contributed by atoms with Gasteiger partial charge in [0.05, 0.1) is 0 Å². The Bertz CT molecular complexity index is 45.3. The van der Waals surface area contributed by atoms with Gasteiger partial charge in [-0.15, -0.1) is 0 Å². The van der Waals surface area contributed by atoms with Crippen LogP contribution in [0.1, 0.15) is 0 Å². The molecule has 0 saturated heterocycles. The SMILES string of the molecule is N.NO.NO.O=[N+]([O-])NO. The standard InChI is InChI=1S/H2N2O3.2H3NO.H3N/c3-1-2(4)5;2*1-2;/h1,3H;2*2H,1H2;1H3. The first-order valence-corrected chi connectivity index (χ1v) is 1.33. The molecule has 0 rings (SSSR count). The minimum atomic E-state index is -1.07. The van der Waals surface area contributed by atoms with Gasteiger partial charge in [0.25, 0.3) is 0 Å². The summed E-state index contributed by atoms with van der Waals surface area (Å²) in [4.78, 5) is 8.81. The van der Waals surface area contributed by atoms with E-state index in [1.807, 2.05) is 0 Å². The quantitative estimate of drug-likeness (QED) is 0.167. The van der Waals surface area contributed by atoms with E-state index < -0.39 is 5.03 Å². The molecule has 10 nitrogen and oxygen atoms in total. The number of hydrazine groups is 1. The molecule has 0 aliphatic heterocycles. The predicted molar refractivity (Wildman–Crippen MR) is 28.9 cm³/mol. The molecule has 0 radical (unpaired) electrons. The second-order valence-electron chi connectivity index (χ2n) is 0.357. The Morgan fingerprint density at radius 2 is 1.40 bits per heavy atom. The monoisotopic (exact) mass is 161 g/mol. The van der Waals surface area contributed by atoms with Crippen LogP contribution in [0.15, 0.2) is 0 Å². The Hall–Kier alpha value is -1.04. The van der Waals surface area contributed by atoms with Gasteiger partial charge in [-0.25, -0.2) is 27.1 Å². The van der Waals surface area contributed by atoms with Crippen LogP contribution in [0.2, 0.25) is 0 Å². The maximum absolute atomic E-state index is 8.81. The van der Waals surface area contributed by atoms with Crippen molar-refractivity contribution >= 4 is 0 Å². The summed E-state index contributed by atoms with van der Waals surface area (Å²) in [6, 6.07) is 0. The highest BCUT2D eigenvalue weighted by Crippen LogP contribution is 1.41. The van der Waals surface area contributed by atoms with E-state index in [4.69, 9.17) is 25.7 Å². The molecule has 0 aliphatic carbocycles. The van der Waals surface area contributed by atoms with Crippen molar-refractivity contribution in [3.63, 3.8) is 0 Å². The van der Waals surface area contributed by atoms with Crippen molar-refractivity contribution in [1.82, 2.24) is 11.7 Å². The zero-order valence-electron chi connectivity index (χ0n) is 4.97. The number of nitrogens with two attached hydrogens (primary N) is 2. The van der Waals surface area contributed by atoms with Crippen molar-refractivity contribution < 1.29 is 20.7 Å². The van der Waals surface area contributed by atoms with Crippen molar-refractivity contribution in [2.45, 2.75) is 0 Å². The highest BCUT2D eigenvalue weighted by atomic mass is 16.7. The van der Waals surface area contributed by atoms with Crippen molar-refractivity contribution in [3.05, 3.63) is 10.1 Å². The van der Waals surface area contributed by atoms with Gasteiger partial charge in [0.15, 0.2) is 5.03 Å². The molecule has 0 bridgehead atoms. The highest BCUT2D eigenvalue weighted by Gasteiger charge is 1.75. The molecule has 0 amide bonds. The molecule has 11 N–H and O–H groups in total. The minimum absolute atomic E-state index is 0. The van der Waals surface area contributed by atoms with E-state index in [1.54, 1.807) is 0 Å². The number of nitrogens with zero attached hydrogens (tertiary/aromatic N) is 1. The van der Waals surface area contributed by atoms with Gasteiger partial charge in [-0.1, -0.05) is 0 Å². The third-order valence-corrected chi connectivity index (χ3v) is 0.0816. The Kier molecular flexibility index (Phi) is 102. The van der Waals surface area contributed by atoms with Crippen molar-refractivity contribution in [2.24, 2.45) is 11.8 Å². The summed E-state index contributed by atoms with van der Waals surface area (Å²) >= 11 is 0. The van der Waals surface area contributed by atoms with Crippen LogP contribution in [0.5, 0.6) is 0 Å². The fourth-order valence-electron chi connectivity index (χ4n) is 0. The van der Waals surface area contributed by atoms with Gasteiger partial charge in [0, 0.05) is 0 Å². The smallest absolute Gasteiger partial charge is 0.184 e. The first kappa shape index (κ1) is 23.1. The van der Waals surface area contributed by atoms with Crippen LogP contribution < -0.4 is 23.5 Å². The Balaban J connectivity index is -0.0000000315. The average Bonchev–Trinajstić information content (AvgIpc) is 1.97. The van der Waals surface area contributed by atoms with Crippen molar-refractivity contribution in [2.75, 3.05) is 0 Å². The van der Waals surface area contributed by atoms with Crippen molar-refractivity contribution in [3.8, 4) is 0 Å². The van der Waals surface area contributed by atoms with E-state index in [0.717, 1.165) is 5.59 Å². The number of rotatable bonds is 1. The van der Waals surface area contributed by atoms with E-state index in [0.29, 0.717) is 0 Å². The van der Waals surface area contributed by atoms with Crippen LogP contribution in [0.4, 0.5) is 0 Å². The van der Waals surface area contributed by atoms with Crippen LogP contribution in [0.3, 0.4) is 0 Å². The molecule has 66 valence electrons. The predicted octanol–water partition coefficient (Wildman–Crippen LogP) is -2.01. The molecule has 0 aromatic carbocycles. The van der Waals surface area contributed by atoms with E-state index in [1.165, 1.54) is 0 Å². The lowest BCUT2D eigenvalue weighted by Gasteiger charge is -1.74. The highest BCUT2D eigenvalue weighted by molar-refractivity contribution is 3.89. The second kappa shape index (κ2) is 44.0. The summed E-state index contributed by atoms with van der Waals surface area (Å²) < 4.78 is 0. The zero-order chi connectivity index (χ0) is 8.28. The molecule has 0 aliphatic rings. The fraction of sp³-hybridized carbons (Fsp3) is 0. The molecule has 0 spiro atoms. The molecule has 0 aromatic rings. The average molecular weight is 161 g/mol. The Labute approximate surface area is 55.6 Å². The second-order valence-corrected chi connectivity index (χ2v) is 0.357. The first-order valence-electron chi connectivity index (χ1n) is 1.33. The van der Waals surface area contributed by atoms with Crippen LogP contribution in [0.25, 0.3) is 0 Å². The van der Waals surface area contributed by atoms with Gasteiger partial charge in [-0.05, 0) is 5.59 Å². The molecule has 0 heterocycles. The van der Waals surface area contributed by atoms with Crippen molar-refractivity contribution in [1.29, 1.82) is 0 Å². The van der Waals surface area contributed by atoms with Gasteiger partial charge in [0.2, 0.25) is 0 Å². The molecule has 0 saturated carbocycles. The number of hydrogen-bond acceptors (Lipinski definition) is 8. The summed E-state index contributed by atoms with van der Waals surface area (Å²) in [7, 11) is 0.